The van der Waals surface area contributed by atoms with Crippen LogP contribution in [0, 0.1) is 0 Å². The summed E-state index contributed by atoms with van der Waals surface area (Å²) in [5.41, 5.74) is -0.223. The zero-order chi connectivity index (χ0) is 21.6. The highest BCUT2D eigenvalue weighted by atomic mass is 19.4. The molecule has 2 aromatic carbocycles. The molecule has 0 saturated carbocycles. The first-order valence-electron chi connectivity index (χ1n) is 8.62. The van der Waals surface area contributed by atoms with Crippen molar-refractivity contribution in [2.24, 2.45) is 0 Å². The summed E-state index contributed by atoms with van der Waals surface area (Å²) in [6.45, 7) is 1.22. The smallest absolute Gasteiger partial charge is 0.416 e. The molecule has 0 bridgehead atoms. The molecule has 0 aliphatic heterocycles. The first-order chi connectivity index (χ1) is 13.7. The summed E-state index contributed by atoms with van der Waals surface area (Å²) in [7, 11) is 2.90. The van der Waals surface area contributed by atoms with Gasteiger partial charge < -0.3 is 20.1 Å². The lowest BCUT2D eigenvalue weighted by atomic mass is 10.0. The Labute approximate surface area is 166 Å². The molecular formula is C20H21F3N2O4. The number of carbonyl (C=O) groups is 2. The molecule has 0 fully saturated rings. The summed E-state index contributed by atoms with van der Waals surface area (Å²) < 4.78 is 48.7. The van der Waals surface area contributed by atoms with E-state index in [1.807, 2.05) is 0 Å². The maximum Gasteiger partial charge on any atom is 0.416 e. The van der Waals surface area contributed by atoms with E-state index in [0.717, 1.165) is 12.1 Å². The maximum atomic E-state index is 12.8. The van der Waals surface area contributed by atoms with Crippen LogP contribution in [0.3, 0.4) is 0 Å². The summed E-state index contributed by atoms with van der Waals surface area (Å²) in [5, 5.41) is 5.01. The molecule has 1 atom stereocenters. The van der Waals surface area contributed by atoms with Crippen molar-refractivity contribution in [1.82, 2.24) is 10.6 Å². The number of ether oxygens (including phenoxy) is 2. The van der Waals surface area contributed by atoms with Gasteiger partial charge in [0.05, 0.1) is 32.4 Å². The minimum atomic E-state index is -4.47. The van der Waals surface area contributed by atoms with Gasteiger partial charge in [-0.05, 0) is 42.8 Å². The van der Waals surface area contributed by atoms with Crippen LogP contribution in [0.2, 0.25) is 0 Å². The van der Waals surface area contributed by atoms with Gasteiger partial charge in [0.1, 0.15) is 0 Å². The van der Waals surface area contributed by atoms with Crippen LogP contribution in [-0.2, 0) is 11.0 Å². The van der Waals surface area contributed by atoms with Crippen LogP contribution < -0.4 is 20.1 Å². The Morgan fingerprint density at radius 1 is 1.03 bits per heavy atom. The summed E-state index contributed by atoms with van der Waals surface area (Å²) in [6, 6.07) is 8.58. The van der Waals surface area contributed by atoms with Gasteiger partial charge in [0, 0.05) is 5.56 Å². The molecule has 2 N–H and O–H groups in total. The van der Waals surface area contributed by atoms with Crippen LogP contribution in [0.25, 0.3) is 0 Å². The summed E-state index contributed by atoms with van der Waals surface area (Å²) in [6.07, 6.45) is -4.47. The van der Waals surface area contributed by atoms with E-state index in [9.17, 15) is 22.8 Å². The number of amides is 2. The normalized spacial score (nSPS) is 12.1. The van der Waals surface area contributed by atoms with Crippen molar-refractivity contribution in [3.8, 4) is 11.5 Å². The molecule has 2 rings (SSSR count). The van der Waals surface area contributed by atoms with Gasteiger partial charge in [-0.1, -0.05) is 12.1 Å². The number of nitrogens with one attached hydrogen (secondary N) is 2. The van der Waals surface area contributed by atoms with Gasteiger partial charge in [0.2, 0.25) is 5.91 Å². The van der Waals surface area contributed by atoms with E-state index in [-0.39, 0.29) is 12.1 Å². The quantitative estimate of drug-likeness (QED) is 0.734. The van der Waals surface area contributed by atoms with E-state index >= 15 is 0 Å². The van der Waals surface area contributed by atoms with Crippen molar-refractivity contribution in [2.45, 2.75) is 19.1 Å². The fraction of sp³-hybridized carbons (Fsp3) is 0.300. The molecule has 1 unspecified atom stereocenters. The standard InChI is InChI=1S/C20H21F3N2O4/c1-12(13-5-4-6-15(9-13)20(21,22)23)25-18(26)11-24-19(27)14-7-8-16(28-2)17(10-14)29-3/h4-10,12H,11H2,1-3H3,(H,24,27)(H,25,26). The first-order valence-corrected chi connectivity index (χ1v) is 8.62. The second kappa shape index (κ2) is 9.31. The number of rotatable bonds is 7. The SMILES string of the molecule is COc1ccc(C(=O)NCC(=O)NC(C)c2cccc(C(F)(F)F)c2)cc1OC. The second-order valence-corrected chi connectivity index (χ2v) is 6.16. The van der Waals surface area contributed by atoms with Crippen LogP contribution in [0.5, 0.6) is 11.5 Å². The van der Waals surface area contributed by atoms with Gasteiger partial charge in [-0.15, -0.1) is 0 Å². The van der Waals surface area contributed by atoms with Crippen LogP contribution in [-0.4, -0.2) is 32.6 Å². The Hall–Kier alpha value is -3.23. The van der Waals surface area contributed by atoms with Crippen molar-refractivity contribution in [1.29, 1.82) is 0 Å². The van der Waals surface area contributed by atoms with E-state index in [1.165, 1.54) is 38.5 Å². The minimum absolute atomic E-state index is 0.265. The van der Waals surface area contributed by atoms with E-state index in [1.54, 1.807) is 13.0 Å². The average Bonchev–Trinajstić information content (AvgIpc) is 2.70. The summed E-state index contributed by atoms with van der Waals surface area (Å²) in [5.74, 6) is -0.226. The van der Waals surface area contributed by atoms with Gasteiger partial charge in [-0.25, -0.2) is 0 Å². The van der Waals surface area contributed by atoms with Gasteiger partial charge in [-0.3, -0.25) is 9.59 Å². The van der Waals surface area contributed by atoms with Crippen molar-refractivity contribution in [3.05, 3.63) is 59.2 Å². The summed E-state index contributed by atoms with van der Waals surface area (Å²) >= 11 is 0. The Morgan fingerprint density at radius 2 is 1.72 bits per heavy atom. The van der Waals surface area contributed by atoms with E-state index in [4.69, 9.17) is 9.47 Å². The lowest BCUT2D eigenvalue weighted by Crippen LogP contribution is -2.38. The third-order valence-corrected chi connectivity index (χ3v) is 4.15. The molecule has 0 saturated heterocycles. The highest BCUT2D eigenvalue weighted by Crippen LogP contribution is 2.30. The Bertz CT molecular complexity index is 884. The van der Waals surface area contributed by atoms with E-state index in [2.05, 4.69) is 10.6 Å². The Balaban J connectivity index is 1.95. The molecule has 0 aliphatic rings. The zero-order valence-corrected chi connectivity index (χ0v) is 16.1. The molecule has 2 amide bonds. The molecule has 0 heterocycles. The molecule has 0 spiro atoms. The molecule has 156 valence electrons. The molecule has 0 aromatic heterocycles. The fourth-order valence-corrected chi connectivity index (χ4v) is 2.60. The lowest BCUT2D eigenvalue weighted by molar-refractivity contribution is -0.137. The van der Waals surface area contributed by atoms with E-state index in [0.29, 0.717) is 17.1 Å². The van der Waals surface area contributed by atoms with Gasteiger partial charge in [0.15, 0.2) is 11.5 Å². The van der Waals surface area contributed by atoms with E-state index < -0.39 is 29.6 Å². The third kappa shape index (κ3) is 5.87. The number of benzene rings is 2. The molecule has 2 aromatic rings. The second-order valence-electron chi connectivity index (χ2n) is 6.16. The van der Waals surface area contributed by atoms with Gasteiger partial charge >= 0.3 is 6.18 Å². The predicted molar refractivity (Wildman–Crippen MR) is 99.9 cm³/mol. The Kier molecular flexibility index (Phi) is 7.08. The van der Waals surface area contributed by atoms with Crippen molar-refractivity contribution in [2.75, 3.05) is 20.8 Å². The third-order valence-electron chi connectivity index (χ3n) is 4.15. The highest BCUT2D eigenvalue weighted by molar-refractivity contribution is 5.97. The highest BCUT2D eigenvalue weighted by Gasteiger charge is 2.30. The largest absolute Gasteiger partial charge is 0.493 e. The summed E-state index contributed by atoms with van der Waals surface area (Å²) in [4.78, 5) is 24.3. The van der Waals surface area contributed by atoms with Crippen molar-refractivity contribution in [3.63, 3.8) is 0 Å². The number of halogens is 3. The molecule has 0 radical (unpaired) electrons. The van der Waals surface area contributed by atoms with Crippen molar-refractivity contribution >= 4 is 11.8 Å². The molecular weight excluding hydrogens is 389 g/mol. The number of alkyl halides is 3. The molecule has 29 heavy (non-hydrogen) atoms. The fourth-order valence-electron chi connectivity index (χ4n) is 2.60. The molecule has 0 aliphatic carbocycles. The van der Waals surface area contributed by atoms with Crippen LogP contribution in [0.15, 0.2) is 42.5 Å². The van der Waals surface area contributed by atoms with Crippen molar-refractivity contribution < 1.29 is 32.2 Å². The lowest BCUT2D eigenvalue weighted by Gasteiger charge is -2.16. The number of hydrogen-bond acceptors (Lipinski definition) is 4. The van der Waals surface area contributed by atoms with Gasteiger partial charge in [0.25, 0.3) is 5.91 Å². The number of methoxy groups -OCH3 is 2. The number of hydrogen-bond donors (Lipinski definition) is 2. The van der Waals surface area contributed by atoms with Crippen LogP contribution >= 0.6 is 0 Å². The monoisotopic (exact) mass is 410 g/mol. The van der Waals surface area contributed by atoms with Gasteiger partial charge in [-0.2, -0.15) is 13.2 Å². The van der Waals surface area contributed by atoms with Crippen LogP contribution in [0.4, 0.5) is 13.2 Å². The average molecular weight is 410 g/mol. The molecule has 9 heteroatoms. The van der Waals surface area contributed by atoms with Crippen LogP contribution in [0.1, 0.15) is 34.5 Å². The minimum Gasteiger partial charge on any atom is -0.493 e. The molecule has 6 nitrogen and oxygen atoms in total. The maximum absolute atomic E-state index is 12.8. The first kappa shape index (κ1) is 22.1. The Morgan fingerprint density at radius 3 is 2.34 bits per heavy atom. The topological polar surface area (TPSA) is 76.7 Å². The predicted octanol–water partition coefficient (Wildman–Crippen LogP) is 3.33. The zero-order valence-electron chi connectivity index (χ0n) is 16.1. The number of carbonyl (C=O) groups excluding carboxylic acids is 2.